The average Bonchev–Trinajstić information content (AvgIpc) is 2.75. The minimum absolute atomic E-state index is 0.0854. The van der Waals surface area contributed by atoms with Crippen LogP contribution < -0.4 is 11.5 Å². The third-order valence-corrected chi connectivity index (χ3v) is 5.57. The molecular weight excluding hydrogens is 460 g/mol. The quantitative estimate of drug-likeness (QED) is 0.0970. The molecule has 0 aromatic carbocycles. The molecule has 34 heavy (non-hydrogen) atoms. The first-order valence-corrected chi connectivity index (χ1v) is 11.2. The van der Waals surface area contributed by atoms with Gasteiger partial charge in [-0.15, -0.1) is 0 Å². The lowest BCUT2D eigenvalue weighted by molar-refractivity contribution is -0.284. The highest BCUT2D eigenvalue weighted by molar-refractivity contribution is 5.79. The first kappa shape index (κ1) is 29.7. The fourth-order valence-electron chi connectivity index (χ4n) is 3.82. The number of aliphatic hydroxyl groups is 2. The van der Waals surface area contributed by atoms with Gasteiger partial charge in [0.15, 0.2) is 12.1 Å². The number of nitrogens with zero attached hydrogens (tertiary/aromatic N) is 1. The molecule has 0 spiro atoms. The number of carbonyl (C=O) groups excluding carboxylic acids is 2. The zero-order valence-electron chi connectivity index (χ0n) is 19.4. The number of aliphatic imine (C=N–C) groups is 1. The van der Waals surface area contributed by atoms with E-state index in [1.54, 1.807) is 0 Å². The Morgan fingerprint density at radius 1 is 1.18 bits per heavy atom. The van der Waals surface area contributed by atoms with E-state index in [1.807, 2.05) is 0 Å². The maximum atomic E-state index is 15.0. The van der Waals surface area contributed by atoms with E-state index in [0.717, 1.165) is 32.6 Å². The molecule has 0 bridgehead atoms. The Morgan fingerprint density at radius 3 is 2.32 bits per heavy atom. The number of hydrogen-bond acceptors (Lipinski definition) is 8. The number of alkyl halides is 2. The lowest BCUT2D eigenvalue weighted by Crippen LogP contribution is -2.65. The molecule has 1 rings (SSSR count). The summed E-state index contributed by atoms with van der Waals surface area (Å²) in [5.41, 5.74) is 10.5. The van der Waals surface area contributed by atoms with Crippen LogP contribution in [0.25, 0.3) is 0 Å². The Balaban J connectivity index is 3.00. The topological polar surface area (TPSA) is 195 Å². The number of carboxylic acid groups (broad SMARTS) is 1. The fourth-order valence-corrected chi connectivity index (χ4v) is 3.82. The minimum atomic E-state index is -3.97. The predicted octanol–water partition coefficient (Wildman–Crippen LogP) is 0.337. The Bertz CT molecular complexity index is 737. The molecule has 11 nitrogen and oxygen atoms in total. The van der Waals surface area contributed by atoms with Gasteiger partial charge in [-0.1, -0.05) is 32.6 Å². The summed E-state index contributed by atoms with van der Waals surface area (Å²) in [6.07, 6.45) is -4.79. The summed E-state index contributed by atoms with van der Waals surface area (Å²) >= 11 is 0. The molecule has 1 heterocycles. The van der Waals surface area contributed by atoms with E-state index < -0.39 is 79.0 Å². The second-order valence-corrected chi connectivity index (χ2v) is 8.45. The molecule has 1 aliphatic rings. The third-order valence-electron chi connectivity index (χ3n) is 5.57. The first-order valence-electron chi connectivity index (χ1n) is 11.2. The maximum Gasteiger partial charge on any atom is 0.372 e. The van der Waals surface area contributed by atoms with Crippen LogP contribution in [-0.2, 0) is 23.9 Å². The van der Waals surface area contributed by atoms with Crippen LogP contribution in [0, 0.1) is 5.92 Å². The number of nitrogens with two attached hydrogens (primary N) is 2. The van der Waals surface area contributed by atoms with Crippen LogP contribution in [0.2, 0.25) is 0 Å². The summed E-state index contributed by atoms with van der Waals surface area (Å²) in [5.74, 6) is -9.65. The zero-order valence-corrected chi connectivity index (χ0v) is 19.4. The number of hydrogen-bond donors (Lipinski definition) is 5. The number of rotatable bonds is 14. The molecule has 0 aliphatic carbocycles. The van der Waals surface area contributed by atoms with Crippen LogP contribution in [0.3, 0.4) is 0 Å². The number of halogens is 2. The van der Waals surface area contributed by atoms with Crippen molar-refractivity contribution < 1.29 is 48.0 Å². The average molecular weight is 496 g/mol. The van der Waals surface area contributed by atoms with Crippen molar-refractivity contribution in [1.82, 2.24) is 0 Å². The monoisotopic (exact) mass is 495 g/mol. The van der Waals surface area contributed by atoms with Gasteiger partial charge in [0.2, 0.25) is 0 Å². The van der Waals surface area contributed by atoms with Crippen LogP contribution in [0.15, 0.2) is 4.99 Å². The van der Waals surface area contributed by atoms with E-state index >= 15 is 4.39 Å². The van der Waals surface area contributed by atoms with Crippen molar-refractivity contribution >= 4 is 23.7 Å². The van der Waals surface area contributed by atoms with Crippen LogP contribution in [0.1, 0.15) is 58.8 Å². The highest BCUT2D eigenvalue weighted by atomic mass is 19.2. The van der Waals surface area contributed by atoms with Crippen LogP contribution in [-0.4, -0.2) is 82.0 Å². The molecule has 196 valence electrons. The van der Waals surface area contributed by atoms with Crippen molar-refractivity contribution in [3.63, 3.8) is 0 Å². The Morgan fingerprint density at radius 2 is 1.79 bits per heavy atom. The van der Waals surface area contributed by atoms with Gasteiger partial charge in [-0.2, -0.15) is 4.39 Å². The summed E-state index contributed by atoms with van der Waals surface area (Å²) in [6, 6.07) is -1.92. The number of aliphatic carboxylic acids is 1. The standard InChI is InChI=1S/C21H35F2N3O8/c1-3-4-5-6-7-8-14(29)33-10-13(28)16(30)17-12(9-11(2)27)15(26-20(24)25)18(22)21(23,34-17)19(31)32/h12-13,15-18,28,30H,3-10H2,1-2H3,(H,31,32)(H4,24,25,26)/t12-,13-,15+,16-,17?,18?,21-/m1/s1. The molecule has 0 aromatic heterocycles. The van der Waals surface area contributed by atoms with E-state index in [9.17, 15) is 34.1 Å². The first-order chi connectivity index (χ1) is 15.8. The van der Waals surface area contributed by atoms with Gasteiger partial charge in [0.1, 0.15) is 24.6 Å². The second kappa shape index (κ2) is 13.5. The molecule has 7 atom stereocenters. The predicted molar refractivity (Wildman–Crippen MR) is 116 cm³/mol. The fraction of sp³-hybridized carbons (Fsp3) is 0.810. The number of unbranched alkanes of at least 4 members (excludes halogenated alkanes) is 4. The summed E-state index contributed by atoms with van der Waals surface area (Å²) in [4.78, 5) is 38.6. The van der Waals surface area contributed by atoms with Crippen molar-refractivity contribution in [1.29, 1.82) is 0 Å². The van der Waals surface area contributed by atoms with E-state index in [2.05, 4.69) is 11.9 Å². The van der Waals surface area contributed by atoms with Crippen molar-refractivity contribution in [2.24, 2.45) is 22.4 Å². The summed E-state index contributed by atoms with van der Waals surface area (Å²) in [7, 11) is 0. The maximum absolute atomic E-state index is 15.0. The number of guanidine groups is 1. The highest BCUT2D eigenvalue weighted by Gasteiger charge is 2.63. The lowest BCUT2D eigenvalue weighted by atomic mass is 9.78. The normalized spacial score (nSPS) is 28.5. The summed E-state index contributed by atoms with van der Waals surface area (Å²) in [5, 5.41) is 30.1. The van der Waals surface area contributed by atoms with Crippen LogP contribution in [0.5, 0.6) is 0 Å². The van der Waals surface area contributed by atoms with Gasteiger partial charge < -0.3 is 41.1 Å². The van der Waals surface area contributed by atoms with E-state index in [1.165, 1.54) is 0 Å². The molecule has 1 aliphatic heterocycles. The van der Waals surface area contributed by atoms with Gasteiger partial charge in [-0.25, -0.2) is 14.2 Å². The van der Waals surface area contributed by atoms with Gasteiger partial charge in [0.05, 0.1) is 12.1 Å². The van der Waals surface area contributed by atoms with Crippen molar-refractivity contribution in [2.45, 2.75) is 95.2 Å². The van der Waals surface area contributed by atoms with Gasteiger partial charge >= 0.3 is 17.8 Å². The van der Waals surface area contributed by atoms with Crippen molar-refractivity contribution in [3.8, 4) is 0 Å². The van der Waals surface area contributed by atoms with Gasteiger partial charge in [0, 0.05) is 18.8 Å². The number of Topliss-reactive ketones (excluding diaryl/α,β-unsaturated/α-hetero) is 1. The smallest absolute Gasteiger partial charge is 0.372 e. The SMILES string of the molecule is CCCCCCCC(=O)OC[C@@H](O)[C@@H](O)C1O[C@@](F)(C(=O)O)C(F)[C@@H](N=C(N)N)[C@H]1CC(C)=O. The molecule has 0 aromatic rings. The minimum Gasteiger partial charge on any atom is -0.477 e. The van der Waals surface area contributed by atoms with Crippen LogP contribution in [0.4, 0.5) is 8.78 Å². The number of carbonyl (C=O) groups is 3. The van der Waals surface area contributed by atoms with Crippen molar-refractivity contribution in [3.05, 3.63) is 0 Å². The van der Waals surface area contributed by atoms with E-state index in [-0.39, 0.29) is 6.42 Å². The molecule has 1 fully saturated rings. The molecule has 13 heteroatoms. The number of carboxylic acids is 1. The molecule has 2 unspecified atom stereocenters. The number of esters is 1. The lowest BCUT2D eigenvalue weighted by Gasteiger charge is -2.45. The summed E-state index contributed by atoms with van der Waals surface area (Å²) in [6.45, 7) is 2.45. The Hall–Kier alpha value is -2.38. The van der Waals surface area contributed by atoms with Crippen molar-refractivity contribution in [2.75, 3.05) is 6.61 Å². The molecule has 0 saturated carbocycles. The van der Waals surface area contributed by atoms with Gasteiger partial charge in [-0.3, -0.25) is 4.79 Å². The molecule has 0 radical (unpaired) electrons. The molecule has 0 amide bonds. The largest absolute Gasteiger partial charge is 0.477 e. The Kier molecular flexibility index (Phi) is 11.8. The van der Waals surface area contributed by atoms with Gasteiger partial charge in [0.25, 0.3) is 0 Å². The van der Waals surface area contributed by atoms with E-state index in [0.29, 0.717) is 6.42 Å². The zero-order chi connectivity index (χ0) is 26.1. The summed E-state index contributed by atoms with van der Waals surface area (Å²) < 4.78 is 39.6. The molecule has 7 N–H and O–H groups in total. The van der Waals surface area contributed by atoms with E-state index in [4.69, 9.17) is 20.9 Å². The number of aliphatic hydroxyl groups excluding tert-OH is 2. The highest BCUT2D eigenvalue weighted by Crippen LogP contribution is 2.41. The van der Waals surface area contributed by atoms with Crippen LogP contribution >= 0.6 is 0 Å². The number of ether oxygens (including phenoxy) is 2. The molecular formula is C21H35F2N3O8. The third kappa shape index (κ3) is 8.13. The Labute approximate surface area is 196 Å². The second-order valence-electron chi connectivity index (χ2n) is 8.45. The molecule has 1 saturated heterocycles. The number of ketones is 1. The van der Waals surface area contributed by atoms with Gasteiger partial charge in [-0.05, 0) is 13.3 Å².